The van der Waals surface area contributed by atoms with Gasteiger partial charge in [0, 0.05) is 17.5 Å². The monoisotopic (exact) mass is 334 g/mol. The molecule has 2 unspecified atom stereocenters. The van der Waals surface area contributed by atoms with Crippen molar-refractivity contribution in [3.05, 3.63) is 53.9 Å². The highest BCUT2D eigenvalue weighted by Gasteiger charge is 2.42. The minimum atomic E-state index is -0.859. The topological polar surface area (TPSA) is 66.4 Å². The number of nitrogens with one attached hydrogen (secondary N) is 2. The third-order valence-corrected chi connectivity index (χ3v) is 5.18. The van der Waals surface area contributed by atoms with E-state index in [0.717, 1.165) is 47.6 Å². The molecule has 1 amide bonds. The molecule has 1 saturated heterocycles. The molecule has 0 radical (unpaired) electrons. The van der Waals surface area contributed by atoms with Gasteiger partial charge in [0.05, 0.1) is 6.04 Å². The fraction of sp³-hybridized carbons (Fsp3) is 0.350. The lowest BCUT2D eigenvalue weighted by atomic mass is 9.91. The van der Waals surface area contributed by atoms with Crippen molar-refractivity contribution in [2.45, 2.75) is 38.3 Å². The summed E-state index contributed by atoms with van der Waals surface area (Å²) in [7, 11) is 0. The van der Waals surface area contributed by atoms with E-state index >= 15 is 0 Å². The first-order valence-corrected chi connectivity index (χ1v) is 8.75. The summed E-state index contributed by atoms with van der Waals surface area (Å²) >= 11 is 0. The highest BCUT2D eigenvalue weighted by molar-refractivity contribution is 6.10. The standard InChI is InChI=1S/C20H22N4O/c1-13-16(5-3-11-21-13)14-7-9-15(10-8-14)20(2)19(25)23-18(24-20)17-6-4-12-22-17/h3,5,7-11,17,22H,4,6,12H2,1-2H3,(H,23,24,25). The van der Waals surface area contributed by atoms with Crippen LogP contribution in [0.2, 0.25) is 0 Å². The van der Waals surface area contributed by atoms with E-state index in [1.54, 1.807) is 6.20 Å². The molecule has 2 N–H and O–H groups in total. The van der Waals surface area contributed by atoms with Crippen molar-refractivity contribution in [3.63, 3.8) is 0 Å². The Morgan fingerprint density at radius 3 is 2.68 bits per heavy atom. The maximum Gasteiger partial charge on any atom is 0.257 e. The van der Waals surface area contributed by atoms with Gasteiger partial charge in [-0.2, -0.15) is 0 Å². The third-order valence-electron chi connectivity index (χ3n) is 5.18. The van der Waals surface area contributed by atoms with Gasteiger partial charge < -0.3 is 10.6 Å². The number of carbonyl (C=O) groups excluding carboxylic acids is 1. The number of aryl methyl sites for hydroxylation is 1. The summed E-state index contributed by atoms with van der Waals surface area (Å²) in [4.78, 5) is 21.7. The largest absolute Gasteiger partial charge is 0.311 e. The summed E-state index contributed by atoms with van der Waals surface area (Å²) in [6.07, 6.45) is 3.94. The summed E-state index contributed by atoms with van der Waals surface area (Å²) in [6.45, 7) is 4.87. The molecule has 0 bridgehead atoms. The summed E-state index contributed by atoms with van der Waals surface area (Å²) in [5.41, 5.74) is 3.24. The number of hydrogen-bond donors (Lipinski definition) is 2. The zero-order chi connectivity index (χ0) is 17.4. The Bertz CT molecular complexity index is 837. The Morgan fingerprint density at radius 2 is 2.00 bits per heavy atom. The van der Waals surface area contributed by atoms with Crippen molar-refractivity contribution in [2.24, 2.45) is 4.99 Å². The van der Waals surface area contributed by atoms with Gasteiger partial charge in [-0.15, -0.1) is 0 Å². The number of aliphatic imine (C=N–C) groups is 1. The molecule has 0 aliphatic carbocycles. The van der Waals surface area contributed by atoms with Crippen molar-refractivity contribution in [2.75, 3.05) is 6.54 Å². The quantitative estimate of drug-likeness (QED) is 0.906. The number of carbonyl (C=O) groups is 1. The predicted molar refractivity (Wildman–Crippen MR) is 98.4 cm³/mol. The highest BCUT2D eigenvalue weighted by atomic mass is 16.2. The molecule has 25 heavy (non-hydrogen) atoms. The number of hydrogen-bond acceptors (Lipinski definition) is 4. The van der Waals surface area contributed by atoms with Gasteiger partial charge in [0.15, 0.2) is 5.54 Å². The first kappa shape index (κ1) is 16.0. The summed E-state index contributed by atoms with van der Waals surface area (Å²) < 4.78 is 0. The van der Waals surface area contributed by atoms with Gasteiger partial charge in [0.1, 0.15) is 5.84 Å². The molecular weight excluding hydrogens is 312 g/mol. The Balaban J connectivity index is 1.65. The first-order valence-electron chi connectivity index (χ1n) is 8.75. The van der Waals surface area contributed by atoms with Crippen molar-refractivity contribution in [1.29, 1.82) is 0 Å². The summed E-state index contributed by atoms with van der Waals surface area (Å²) in [5, 5.41) is 6.37. The number of nitrogens with zero attached hydrogens (tertiary/aromatic N) is 2. The van der Waals surface area contributed by atoms with Crippen molar-refractivity contribution >= 4 is 11.7 Å². The lowest BCUT2D eigenvalue weighted by Gasteiger charge is -2.18. The van der Waals surface area contributed by atoms with E-state index in [1.165, 1.54) is 0 Å². The van der Waals surface area contributed by atoms with Gasteiger partial charge in [-0.3, -0.25) is 9.78 Å². The average Bonchev–Trinajstić information content (AvgIpc) is 3.25. The third kappa shape index (κ3) is 2.74. The van der Waals surface area contributed by atoms with Crippen LogP contribution in [0.3, 0.4) is 0 Å². The van der Waals surface area contributed by atoms with Crippen LogP contribution in [0.1, 0.15) is 31.0 Å². The molecular formula is C20H22N4O. The minimum absolute atomic E-state index is 0.0542. The predicted octanol–water partition coefficient (Wildman–Crippen LogP) is 2.55. The Morgan fingerprint density at radius 1 is 1.20 bits per heavy atom. The van der Waals surface area contributed by atoms with Crippen LogP contribution in [0.4, 0.5) is 0 Å². The van der Waals surface area contributed by atoms with Crippen LogP contribution in [0.5, 0.6) is 0 Å². The normalized spacial score (nSPS) is 25.8. The zero-order valence-electron chi connectivity index (χ0n) is 14.5. The molecule has 5 nitrogen and oxygen atoms in total. The van der Waals surface area contributed by atoms with Crippen molar-refractivity contribution in [3.8, 4) is 11.1 Å². The molecule has 2 aliphatic heterocycles. The van der Waals surface area contributed by atoms with E-state index in [4.69, 9.17) is 4.99 Å². The highest BCUT2D eigenvalue weighted by Crippen LogP contribution is 2.32. The molecule has 128 valence electrons. The Labute approximate surface area is 147 Å². The van der Waals surface area contributed by atoms with Crippen LogP contribution < -0.4 is 10.6 Å². The molecule has 5 heteroatoms. The Kier molecular flexibility index (Phi) is 3.88. The first-order chi connectivity index (χ1) is 12.1. The molecule has 4 rings (SSSR count). The molecule has 0 saturated carbocycles. The second-order valence-corrected chi connectivity index (χ2v) is 6.89. The smallest absolute Gasteiger partial charge is 0.257 e. The SMILES string of the molecule is Cc1ncccc1-c1ccc(C2(C)N=C(C3CCCN3)NC2=O)cc1. The molecule has 0 spiro atoms. The number of amidine groups is 1. The van der Waals surface area contributed by atoms with Gasteiger partial charge in [0.25, 0.3) is 5.91 Å². The van der Waals surface area contributed by atoms with Crippen LogP contribution >= 0.6 is 0 Å². The second kappa shape index (κ2) is 6.08. The number of rotatable bonds is 3. The summed E-state index contributed by atoms with van der Waals surface area (Å²) in [6, 6.07) is 12.2. The average molecular weight is 334 g/mol. The van der Waals surface area contributed by atoms with Crippen molar-refractivity contribution in [1.82, 2.24) is 15.6 Å². The lowest BCUT2D eigenvalue weighted by Crippen LogP contribution is -2.41. The van der Waals surface area contributed by atoms with Crippen molar-refractivity contribution < 1.29 is 4.79 Å². The van der Waals surface area contributed by atoms with Crippen LogP contribution in [-0.2, 0) is 10.3 Å². The van der Waals surface area contributed by atoms with E-state index in [1.807, 2.05) is 44.2 Å². The Hall–Kier alpha value is -2.53. The van der Waals surface area contributed by atoms with E-state index in [9.17, 15) is 4.79 Å². The number of aromatic nitrogens is 1. The number of benzene rings is 1. The van der Waals surface area contributed by atoms with Crippen LogP contribution in [0.25, 0.3) is 11.1 Å². The molecule has 2 atom stereocenters. The van der Waals surface area contributed by atoms with Gasteiger partial charge >= 0.3 is 0 Å². The van der Waals surface area contributed by atoms with Crippen LogP contribution in [0.15, 0.2) is 47.6 Å². The van der Waals surface area contributed by atoms with Gasteiger partial charge in [-0.1, -0.05) is 30.3 Å². The fourth-order valence-corrected chi connectivity index (χ4v) is 3.60. The molecule has 1 fully saturated rings. The van der Waals surface area contributed by atoms with E-state index in [0.29, 0.717) is 0 Å². The van der Waals surface area contributed by atoms with E-state index in [-0.39, 0.29) is 11.9 Å². The van der Waals surface area contributed by atoms with Gasteiger partial charge in [-0.25, -0.2) is 4.99 Å². The van der Waals surface area contributed by atoms with E-state index < -0.39 is 5.54 Å². The van der Waals surface area contributed by atoms with Gasteiger partial charge in [-0.05, 0) is 50.4 Å². The van der Waals surface area contributed by atoms with Gasteiger partial charge in [0.2, 0.25) is 0 Å². The van der Waals surface area contributed by atoms with E-state index in [2.05, 4.69) is 21.7 Å². The number of amides is 1. The molecule has 3 heterocycles. The molecule has 1 aromatic heterocycles. The maximum atomic E-state index is 12.6. The van der Waals surface area contributed by atoms with Crippen LogP contribution in [-0.4, -0.2) is 29.3 Å². The molecule has 1 aromatic carbocycles. The second-order valence-electron chi connectivity index (χ2n) is 6.89. The van der Waals surface area contributed by atoms with Crippen LogP contribution in [0, 0.1) is 6.92 Å². The lowest BCUT2D eigenvalue weighted by molar-refractivity contribution is -0.123. The molecule has 2 aliphatic rings. The zero-order valence-corrected chi connectivity index (χ0v) is 14.5. The summed E-state index contributed by atoms with van der Waals surface area (Å²) in [5.74, 6) is 0.721. The number of pyridine rings is 1. The maximum absolute atomic E-state index is 12.6. The fourth-order valence-electron chi connectivity index (χ4n) is 3.60. The molecule has 2 aromatic rings. The minimum Gasteiger partial charge on any atom is -0.311 e.